The van der Waals surface area contributed by atoms with Crippen LogP contribution in [-0.4, -0.2) is 36.2 Å². The molecule has 0 unspecified atom stereocenters. The van der Waals surface area contributed by atoms with E-state index >= 15 is 0 Å². The molecule has 1 fully saturated rings. The van der Waals surface area contributed by atoms with Gasteiger partial charge in [-0.2, -0.15) is 0 Å². The number of nitrogens with one attached hydrogen (secondary N) is 3. The highest BCUT2D eigenvalue weighted by atomic mass is 16.5. The van der Waals surface area contributed by atoms with E-state index in [0.29, 0.717) is 25.3 Å². The van der Waals surface area contributed by atoms with Gasteiger partial charge in [0.2, 0.25) is 0 Å². The number of rotatable bonds is 3. The van der Waals surface area contributed by atoms with Crippen LogP contribution < -0.4 is 20.7 Å². The van der Waals surface area contributed by atoms with Crippen LogP contribution in [0.25, 0.3) is 0 Å². The molecular formula is C22H26N4O3. The Hall–Kier alpha value is -3.22. The minimum atomic E-state index is -0.264. The summed E-state index contributed by atoms with van der Waals surface area (Å²) in [6, 6.07) is 15.0. The molecule has 2 aromatic rings. The molecule has 0 radical (unpaired) electrons. The highest BCUT2D eigenvalue weighted by Crippen LogP contribution is 2.41. The molecule has 7 heteroatoms. The SMILES string of the molecule is CNC(=O)Nc1ccc(CNC(=O)N2Cc3ccccc3OC3(CCC3)C2)cc1. The number of ether oxygens (including phenoxy) is 1. The number of amides is 4. The van der Waals surface area contributed by atoms with Gasteiger partial charge in [0.25, 0.3) is 0 Å². The Morgan fingerprint density at radius 2 is 1.86 bits per heavy atom. The molecule has 1 heterocycles. The smallest absolute Gasteiger partial charge is 0.318 e. The average Bonchev–Trinajstić information content (AvgIpc) is 2.90. The third-order valence-electron chi connectivity index (χ3n) is 5.57. The zero-order valence-electron chi connectivity index (χ0n) is 16.5. The number of carbonyl (C=O) groups is 2. The summed E-state index contributed by atoms with van der Waals surface area (Å²) in [7, 11) is 1.57. The van der Waals surface area contributed by atoms with Crippen molar-refractivity contribution >= 4 is 17.7 Å². The van der Waals surface area contributed by atoms with Gasteiger partial charge >= 0.3 is 12.1 Å². The number of carbonyl (C=O) groups excluding carboxylic acids is 2. The summed E-state index contributed by atoms with van der Waals surface area (Å²) < 4.78 is 6.32. The van der Waals surface area contributed by atoms with Crippen molar-refractivity contribution in [2.24, 2.45) is 0 Å². The molecule has 0 bridgehead atoms. The molecule has 1 saturated carbocycles. The van der Waals surface area contributed by atoms with Crippen molar-refractivity contribution < 1.29 is 14.3 Å². The maximum absolute atomic E-state index is 12.9. The number of hydrogen-bond acceptors (Lipinski definition) is 3. The normalized spacial score (nSPS) is 16.7. The fourth-order valence-electron chi connectivity index (χ4n) is 3.77. The number of urea groups is 2. The zero-order chi connectivity index (χ0) is 20.3. The average molecular weight is 394 g/mol. The van der Waals surface area contributed by atoms with Gasteiger partial charge in [0.1, 0.15) is 11.4 Å². The van der Waals surface area contributed by atoms with Crippen molar-refractivity contribution in [2.45, 2.75) is 38.0 Å². The maximum Gasteiger partial charge on any atom is 0.318 e. The summed E-state index contributed by atoms with van der Waals surface area (Å²) in [5, 5.41) is 8.24. The molecule has 152 valence electrons. The highest BCUT2D eigenvalue weighted by Gasteiger charge is 2.44. The van der Waals surface area contributed by atoms with Gasteiger partial charge in [-0.05, 0) is 43.0 Å². The van der Waals surface area contributed by atoms with E-state index in [1.54, 1.807) is 7.05 Å². The zero-order valence-corrected chi connectivity index (χ0v) is 16.5. The van der Waals surface area contributed by atoms with E-state index in [4.69, 9.17) is 4.74 Å². The van der Waals surface area contributed by atoms with Crippen LogP contribution in [-0.2, 0) is 13.1 Å². The molecule has 2 aliphatic rings. The molecule has 1 aliphatic carbocycles. The van der Waals surface area contributed by atoms with Gasteiger partial charge in [0.05, 0.1) is 13.1 Å². The molecule has 0 atom stereocenters. The van der Waals surface area contributed by atoms with Crippen molar-refractivity contribution in [3.05, 3.63) is 59.7 Å². The Bertz CT molecular complexity index is 893. The Labute approximate surface area is 170 Å². The predicted molar refractivity (Wildman–Crippen MR) is 111 cm³/mol. The first kappa shape index (κ1) is 19.1. The lowest BCUT2D eigenvalue weighted by molar-refractivity contribution is -0.0209. The van der Waals surface area contributed by atoms with Gasteiger partial charge in [-0.15, -0.1) is 0 Å². The Morgan fingerprint density at radius 1 is 1.10 bits per heavy atom. The topological polar surface area (TPSA) is 82.7 Å². The van der Waals surface area contributed by atoms with Gasteiger partial charge in [0.15, 0.2) is 0 Å². The molecule has 4 rings (SSSR count). The molecule has 29 heavy (non-hydrogen) atoms. The van der Waals surface area contributed by atoms with Crippen LogP contribution in [0.4, 0.5) is 15.3 Å². The largest absolute Gasteiger partial charge is 0.485 e. The van der Waals surface area contributed by atoms with Crippen molar-refractivity contribution in [2.75, 3.05) is 18.9 Å². The van der Waals surface area contributed by atoms with Crippen molar-refractivity contribution in [3.8, 4) is 5.75 Å². The molecule has 7 nitrogen and oxygen atoms in total. The van der Waals surface area contributed by atoms with E-state index in [2.05, 4.69) is 16.0 Å². The van der Waals surface area contributed by atoms with Crippen LogP contribution in [0.5, 0.6) is 5.75 Å². The molecule has 0 saturated heterocycles. The number of benzene rings is 2. The summed E-state index contributed by atoms with van der Waals surface area (Å²) in [4.78, 5) is 26.1. The van der Waals surface area contributed by atoms with Crippen LogP contribution in [0.1, 0.15) is 30.4 Å². The maximum atomic E-state index is 12.9. The second-order valence-corrected chi connectivity index (χ2v) is 7.66. The minimum absolute atomic E-state index is 0.0934. The fourth-order valence-corrected chi connectivity index (χ4v) is 3.77. The van der Waals surface area contributed by atoms with Crippen LogP contribution in [0.3, 0.4) is 0 Å². The van der Waals surface area contributed by atoms with Crippen LogP contribution in [0.2, 0.25) is 0 Å². The monoisotopic (exact) mass is 394 g/mol. The Balaban J connectivity index is 1.39. The van der Waals surface area contributed by atoms with Crippen molar-refractivity contribution in [1.82, 2.24) is 15.5 Å². The van der Waals surface area contributed by atoms with Crippen molar-refractivity contribution in [3.63, 3.8) is 0 Å². The van der Waals surface area contributed by atoms with Crippen LogP contribution in [0, 0.1) is 0 Å². The van der Waals surface area contributed by atoms with Crippen LogP contribution >= 0.6 is 0 Å². The molecular weight excluding hydrogens is 368 g/mol. The first-order chi connectivity index (χ1) is 14.1. The second kappa shape index (κ2) is 8.03. The molecule has 4 amide bonds. The lowest BCUT2D eigenvalue weighted by atomic mass is 9.79. The van der Waals surface area contributed by atoms with Gasteiger partial charge < -0.3 is 25.6 Å². The predicted octanol–water partition coefficient (Wildman–Crippen LogP) is 3.46. The fraction of sp³-hybridized carbons (Fsp3) is 0.364. The lowest BCUT2D eigenvalue weighted by Gasteiger charge is -2.42. The third-order valence-corrected chi connectivity index (χ3v) is 5.57. The van der Waals surface area contributed by atoms with E-state index in [1.807, 2.05) is 53.4 Å². The molecule has 3 N–H and O–H groups in total. The van der Waals surface area contributed by atoms with Gasteiger partial charge in [0, 0.05) is 24.8 Å². The molecule has 1 aliphatic heterocycles. The Morgan fingerprint density at radius 3 is 2.55 bits per heavy atom. The van der Waals surface area contributed by atoms with Gasteiger partial charge in [-0.25, -0.2) is 9.59 Å². The summed E-state index contributed by atoms with van der Waals surface area (Å²) in [5.41, 5.74) is 2.45. The first-order valence-electron chi connectivity index (χ1n) is 9.94. The van der Waals surface area contributed by atoms with Gasteiger partial charge in [-0.3, -0.25) is 0 Å². The number of para-hydroxylation sites is 1. The van der Waals surface area contributed by atoms with Crippen LogP contribution in [0.15, 0.2) is 48.5 Å². The minimum Gasteiger partial charge on any atom is -0.485 e. The van der Waals surface area contributed by atoms with Crippen molar-refractivity contribution in [1.29, 1.82) is 0 Å². The second-order valence-electron chi connectivity index (χ2n) is 7.66. The summed E-state index contributed by atoms with van der Waals surface area (Å²) in [6.45, 7) is 1.56. The van der Waals surface area contributed by atoms with E-state index < -0.39 is 0 Å². The summed E-state index contributed by atoms with van der Waals surface area (Å²) in [6.07, 6.45) is 3.09. The number of fused-ring (bicyclic) bond motifs is 1. The van der Waals surface area contributed by atoms with E-state index in [0.717, 1.165) is 36.1 Å². The number of nitrogens with zero attached hydrogens (tertiary/aromatic N) is 1. The quantitative estimate of drug-likeness (QED) is 0.746. The lowest BCUT2D eigenvalue weighted by Crippen LogP contribution is -2.53. The summed E-state index contributed by atoms with van der Waals surface area (Å²) in [5.74, 6) is 0.890. The van der Waals surface area contributed by atoms with E-state index in [-0.39, 0.29) is 17.7 Å². The van der Waals surface area contributed by atoms with Gasteiger partial charge in [-0.1, -0.05) is 30.3 Å². The standard InChI is InChI=1S/C22H26N4O3/c1-23-20(27)25-18-9-7-16(8-10-18)13-24-21(28)26-14-17-5-2-3-6-19(17)29-22(15-26)11-4-12-22/h2-3,5-10H,4,11-15H2,1H3,(H,24,28)(H2,23,25,27). The summed E-state index contributed by atoms with van der Waals surface area (Å²) >= 11 is 0. The molecule has 0 aromatic heterocycles. The first-order valence-corrected chi connectivity index (χ1v) is 9.94. The molecule has 1 spiro atoms. The van der Waals surface area contributed by atoms with E-state index in [1.165, 1.54) is 0 Å². The van der Waals surface area contributed by atoms with E-state index in [9.17, 15) is 9.59 Å². The number of hydrogen-bond donors (Lipinski definition) is 3. The molecule has 2 aromatic carbocycles. The highest BCUT2D eigenvalue weighted by molar-refractivity contribution is 5.88. The third kappa shape index (κ3) is 4.29. The Kier molecular flexibility index (Phi) is 5.29. The number of anilines is 1.